The van der Waals surface area contributed by atoms with Gasteiger partial charge in [-0.2, -0.15) is 0 Å². The zero-order chi connectivity index (χ0) is 14.7. The predicted octanol–water partition coefficient (Wildman–Crippen LogP) is 2.23. The number of anilines is 1. The van der Waals surface area contributed by atoms with Gasteiger partial charge in [0.2, 0.25) is 5.91 Å². The molecule has 1 fully saturated rings. The molecule has 110 valence electrons. The fourth-order valence-electron chi connectivity index (χ4n) is 2.42. The number of hydrogen-bond acceptors (Lipinski definition) is 5. The number of hydrogen-bond donors (Lipinski definition) is 1. The summed E-state index contributed by atoms with van der Waals surface area (Å²) in [6.07, 6.45) is 4.71. The number of rotatable bonds is 3. The van der Waals surface area contributed by atoms with Gasteiger partial charge >= 0.3 is 0 Å². The molecule has 0 spiro atoms. The molecule has 3 heterocycles. The lowest BCUT2D eigenvalue weighted by Gasteiger charge is -2.31. The van der Waals surface area contributed by atoms with Gasteiger partial charge < -0.3 is 14.6 Å². The molecular formula is C14H15N3O3S. The van der Waals surface area contributed by atoms with Crippen molar-refractivity contribution in [2.75, 3.05) is 18.4 Å². The van der Waals surface area contributed by atoms with E-state index in [1.807, 2.05) is 5.38 Å². The van der Waals surface area contributed by atoms with Crippen molar-refractivity contribution in [3.63, 3.8) is 0 Å². The number of furan rings is 1. The number of amides is 2. The number of likely N-dealkylation sites (tertiary alicyclic amines) is 1. The van der Waals surface area contributed by atoms with Crippen LogP contribution in [-0.4, -0.2) is 34.8 Å². The molecule has 0 bridgehead atoms. The van der Waals surface area contributed by atoms with E-state index in [4.69, 9.17) is 4.42 Å². The zero-order valence-corrected chi connectivity index (χ0v) is 12.1. The Balaban J connectivity index is 1.63. The van der Waals surface area contributed by atoms with Crippen molar-refractivity contribution in [1.82, 2.24) is 9.88 Å². The normalized spacial score (nSPS) is 18.5. The third-order valence-electron chi connectivity index (χ3n) is 3.47. The number of nitrogens with one attached hydrogen (secondary N) is 1. The summed E-state index contributed by atoms with van der Waals surface area (Å²) in [5, 5.41) is 5.19. The van der Waals surface area contributed by atoms with E-state index in [1.165, 1.54) is 17.6 Å². The number of carbonyl (C=O) groups excluding carboxylic acids is 2. The second-order valence-electron chi connectivity index (χ2n) is 4.89. The molecule has 1 aliphatic rings. The summed E-state index contributed by atoms with van der Waals surface area (Å²) in [7, 11) is 0. The molecular weight excluding hydrogens is 290 g/mol. The smallest absolute Gasteiger partial charge is 0.289 e. The minimum Gasteiger partial charge on any atom is -0.459 e. The van der Waals surface area contributed by atoms with Crippen LogP contribution in [0.1, 0.15) is 23.4 Å². The first-order valence-electron chi connectivity index (χ1n) is 6.77. The van der Waals surface area contributed by atoms with Crippen LogP contribution in [0.5, 0.6) is 0 Å². The van der Waals surface area contributed by atoms with E-state index < -0.39 is 0 Å². The van der Waals surface area contributed by atoms with E-state index in [0.29, 0.717) is 24.0 Å². The molecule has 0 unspecified atom stereocenters. The van der Waals surface area contributed by atoms with E-state index in [1.54, 1.807) is 23.2 Å². The van der Waals surface area contributed by atoms with Gasteiger partial charge in [0.25, 0.3) is 5.91 Å². The van der Waals surface area contributed by atoms with Crippen LogP contribution in [0.3, 0.4) is 0 Å². The number of aromatic nitrogens is 1. The molecule has 21 heavy (non-hydrogen) atoms. The highest BCUT2D eigenvalue weighted by atomic mass is 32.1. The molecule has 0 saturated carbocycles. The monoisotopic (exact) mass is 305 g/mol. The molecule has 0 aliphatic carbocycles. The number of thiazole rings is 1. The van der Waals surface area contributed by atoms with Gasteiger partial charge in [0.05, 0.1) is 12.2 Å². The van der Waals surface area contributed by atoms with Crippen molar-refractivity contribution in [3.05, 3.63) is 35.7 Å². The van der Waals surface area contributed by atoms with Gasteiger partial charge in [0.1, 0.15) is 0 Å². The van der Waals surface area contributed by atoms with E-state index >= 15 is 0 Å². The molecule has 2 amide bonds. The Morgan fingerprint density at radius 1 is 1.48 bits per heavy atom. The predicted molar refractivity (Wildman–Crippen MR) is 78.1 cm³/mol. The van der Waals surface area contributed by atoms with Crippen LogP contribution in [0.4, 0.5) is 5.13 Å². The number of piperidine rings is 1. The maximum Gasteiger partial charge on any atom is 0.289 e. The van der Waals surface area contributed by atoms with Crippen LogP contribution in [0.25, 0.3) is 0 Å². The third kappa shape index (κ3) is 3.13. The topological polar surface area (TPSA) is 75.4 Å². The maximum absolute atomic E-state index is 12.2. The van der Waals surface area contributed by atoms with Gasteiger partial charge in [-0.15, -0.1) is 11.3 Å². The van der Waals surface area contributed by atoms with Crippen LogP contribution in [-0.2, 0) is 4.79 Å². The fourth-order valence-corrected chi connectivity index (χ4v) is 2.96. The lowest BCUT2D eigenvalue weighted by molar-refractivity contribution is -0.121. The Morgan fingerprint density at radius 2 is 2.38 bits per heavy atom. The maximum atomic E-state index is 12.2. The van der Waals surface area contributed by atoms with Crippen LogP contribution >= 0.6 is 11.3 Å². The van der Waals surface area contributed by atoms with Crippen molar-refractivity contribution in [2.45, 2.75) is 12.8 Å². The highest BCUT2D eigenvalue weighted by molar-refractivity contribution is 7.13. The molecule has 1 atom stereocenters. The molecule has 2 aromatic rings. The van der Waals surface area contributed by atoms with Crippen LogP contribution in [0.15, 0.2) is 34.4 Å². The summed E-state index contributed by atoms with van der Waals surface area (Å²) in [6.45, 7) is 1.07. The zero-order valence-electron chi connectivity index (χ0n) is 11.3. The third-order valence-corrected chi connectivity index (χ3v) is 4.16. The minimum atomic E-state index is -0.207. The first-order chi connectivity index (χ1) is 10.2. The van der Waals surface area contributed by atoms with Crippen LogP contribution in [0.2, 0.25) is 0 Å². The lowest BCUT2D eigenvalue weighted by Crippen LogP contribution is -2.43. The van der Waals surface area contributed by atoms with E-state index in [0.717, 1.165) is 12.8 Å². The molecule has 1 aliphatic heterocycles. The standard InChI is InChI=1S/C14H15N3O3S/c18-12(16-14-15-5-8-21-14)10-3-1-6-17(9-10)13(19)11-4-2-7-20-11/h2,4-5,7-8,10H,1,3,6,9H2,(H,15,16,18)/t10-/m0/s1. The molecule has 6 nitrogen and oxygen atoms in total. The molecule has 1 N–H and O–H groups in total. The van der Waals surface area contributed by atoms with Gasteiger partial charge in [0, 0.05) is 24.7 Å². The molecule has 0 radical (unpaired) electrons. The van der Waals surface area contributed by atoms with Crippen molar-refractivity contribution in [3.8, 4) is 0 Å². The second-order valence-corrected chi connectivity index (χ2v) is 5.79. The van der Waals surface area contributed by atoms with Crippen molar-refractivity contribution < 1.29 is 14.0 Å². The number of carbonyl (C=O) groups is 2. The summed E-state index contributed by atoms with van der Waals surface area (Å²) in [4.78, 5) is 30.2. The molecule has 3 rings (SSSR count). The first-order valence-corrected chi connectivity index (χ1v) is 7.65. The average molecular weight is 305 g/mol. The summed E-state index contributed by atoms with van der Waals surface area (Å²) >= 11 is 1.38. The van der Waals surface area contributed by atoms with Crippen molar-refractivity contribution >= 4 is 28.3 Å². The van der Waals surface area contributed by atoms with E-state index in [-0.39, 0.29) is 17.7 Å². The Morgan fingerprint density at radius 3 is 3.10 bits per heavy atom. The first kappa shape index (κ1) is 13.8. The van der Waals surface area contributed by atoms with Gasteiger partial charge in [-0.25, -0.2) is 4.98 Å². The summed E-state index contributed by atoms with van der Waals surface area (Å²) < 4.78 is 5.13. The van der Waals surface area contributed by atoms with Gasteiger partial charge in [-0.1, -0.05) is 0 Å². The Labute approximate surface area is 125 Å². The van der Waals surface area contributed by atoms with E-state index in [9.17, 15) is 9.59 Å². The van der Waals surface area contributed by atoms with Gasteiger partial charge in [-0.3, -0.25) is 9.59 Å². The summed E-state index contributed by atoms with van der Waals surface area (Å²) in [6, 6.07) is 3.32. The molecule has 7 heteroatoms. The molecule has 2 aromatic heterocycles. The van der Waals surface area contributed by atoms with Crippen LogP contribution in [0, 0.1) is 5.92 Å². The van der Waals surface area contributed by atoms with Crippen molar-refractivity contribution in [1.29, 1.82) is 0 Å². The van der Waals surface area contributed by atoms with Gasteiger partial charge in [-0.05, 0) is 25.0 Å². The highest BCUT2D eigenvalue weighted by Gasteiger charge is 2.30. The minimum absolute atomic E-state index is 0.0816. The Kier molecular flexibility index (Phi) is 4.01. The van der Waals surface area contributed by atoms with Gasteiger partial charge in [0.15, 0.2) is 10.9 Å². The SMILES string of the molecule is O=C(Nc1nccs1)[C@H]1CCCN(C(=O)c2ccco2)C1. The van der Waals surface area contributed by atoms with Crippen molar-refractivity contribution in [2.24, 2.45) is 5.92 Å². The number of nitrogens with zero attached hydrogens (tertiary/aromatic N) is 2. The second kappa shape index (κ2) is 6.09. The fraction of sp³-hybridized carbons (Fsp3) is 0.357. The quantitative estimate of drug-likeness (QED) is 0.943. The highest BCUT2D eigenvalue weighted by Crippen LogP contribution is 2.21. The Bertz CT molecular complexity index is 609. The molecule has 1 saturated heterocycles. The van der Waals surface area contributed by atoms with E-state index in [2.05, 4.69) is 10.3 Å². The van der Waals surface area contributed by atoms with Crippen LogP contribution < -0.4 is 5.32 Å². The summed E-state index contributed by atoms with van der Waals surface area (Å²) in [5.41, 5.74) is 0. The lowest BCUT2D eigenvalue weighted by atomic mass is 9.97. The largest absolute Gasteiger partial charge is 0.459 e. The average Bonchev–Trinajstić information content (AvgIpc) is 3.20. The Hall–Kier alpha value is -2.15. The summed E-state index contributed by atoms with van der Waals surface area (Å²) in [5.74, 6) is -0.133. The molecule has 0 aromatic carbocycles.